The van der Waals surface area contributed by atoms with Crippen molar-refractivity contribution >= 4 is 17.6 Å². The SMILES string of the molecule is CCCNc1nc(-c2ncn[nH]2)nc2c1CSC2. The number of rotatable bonds is 4. The Morgan fingerprint density at radius 2 is 2.33 bits per heavy atom. The van der Waals surface area contributed by atoms with E-state index in [1.165, 1.54) is 11.9 Å². The molecular weight excluding hydrogens is 248 g/mol. The minimum Gasteiger partial charge on any atom is -0.370 e. The highest BCUT2D eigenvalue weighted by atomic mass is 32.2. The topological polar surface area (TPSA) is 79.4 Å². The molecular formula is C11H14N6S. The van der Waals surface area contributed by atoms with Crippen LogP contribution in [-0.2, 0) is 11.5 Å². The van der Waals surface area contributed by atoms with Crippen LogP contribution in [0.5, 0.6) is 0 Å². The molecule has 1 aliphatic rings. The van der Waals surface area contributed by atoms with Crippen molar-refractivity contribution in [3.8, 4) is 11.6 Å². The summed E-state index contributed by atoms with van der Waals surface area (Å²) >= 11 is 1.87. The predicted molar refractivity (Wildman–Crippen MR) is 71.2 cm³/mol. The van der Waals surface area contributed by atoms with Crippen LogP contribution in [0, 0.1) is 0 Å². The normalized spacial score (nSPS) is 13.6. The third-order valence-electron chi connectivity index (χ3n) is 2.75. The average Bonchev–Trinajstić information content (AvgIpc) is 3.05. The monoisotopic (exact) mass is 262 g/mol. The molecule has 0 radical (unpaired) electrons. The highest BCUT2D eigenvalue weighted by Gasteiger charge is 2.20. The molecule has 2 aromatic heterocycles. The molecule has 0 fully saturated rings. The van der Waals surface area contributed by atoms with Crippen molar-refractivity contribution in [3.63, 3.8) is 0 Å². The van der Waals surface area contributed by atoms with Crippen LogP contribution in [0.4, 0.5) is 5.82 Å². The van der Waals surface area contributed by atoms with E-state index in [0.717, 1.165) is 36.0 Å². The van der Waals surface area contributed by atoms with E-state index in [4.69, 9.17) is 0 Å². The van der Waals surface area contributed by atoms with E-state index >= 15 is 0 Å². The Kier molecular flexibility index (Phi) is 3.14. The molecule has 7 heteroatoms. The van der Waals surface area contributed by atoms with Gasteiger partial charge in [-0.2, -0.15) is 16.9 Å². The molecule has 3 rings (SSSR count). The van der Waals surface area contributed by atoms with Gasteiger partial charge in [-0.25, -0.2) is 15.0 Å². The van der Waals surface area contributed by atoms with Gasteiger partial charge in [0.25, 0.3) is 0 Å². The molecule has 0 aliphatic carbocycles. The molecule has 2 N–H and O–H groups in total. The minimum atomic E-state index is 0.618. The number of aromatic amines is 1. The summed E-state index contributed by atoms with van der Waals surface area (Å²) in [5.74, 6) is 4.11. The van der Waals surface area contributed by atoms with Crippen LogP contribution >= 0.6 is 11.8 Å². The Morgan fingerprint density at radius 1 is 1.39 bits per heavy atom. The summed E-state index contributed by atoms with van der Waals surface area (Å²) in [6.07, 6.45) is 2.55. The quantitative estimate of drug-likeness (QED) is 0.875. The van der Waals surface area contributed by atoms with Crippen LogP contribution in [-0.4, -0.2) is 31.7 Å². The number of fused-ring (bicyclic) bond motifs is 1. The Balaban J connectivity index is 2.02. The molecule has 1 aliphatic heterocycles. The lowest BCUT2D eigenvalue weighted by Crippen LogP contribution is -2.08. The lowest BCUT2D eigenvalue weighted by molar-refractivity contribution is 0.950. The van der Waals surface area contributed by atoms with Crippen molar-refractivity contribution in [3.05, 3.63) is 17.6 Å². The van der Waals surface area contributed by atoms with Gasteiger partial charge in [0.2, 0.25) is 0 Å². The van der Waals surface area contributed by atoms with E-state index in [-0.39, 0.29) is 0 Å². The standard InChI is InChI=1S/C11H14N6S/c1-2-3-12-9-7-4-18-5-8(7)15-11(16-9)10-13-6-14-17-10/h6H,2-5H2,1H3,(H,12,15,16)(H,13,14,17). The number of nitrogens with zero attached hydrogens (tertiary/aromatic N) is 4. The summed E-state index contributed by atoms with van der Waals surface area (Å²) in [7, 11) is 0. The van der Waals surface area contributed by atoms with Crippen LogP contribution < -0.4 is 5.32 Å². The maximum absolute atomic E-state index is 4.56. The zero-order chi connectivity index (χ0) is 12.4. The number of hydrogen-bond acceptors (Lipinski definition) is 6. The molecule has 0 unspecified atom stereocenters. The molecule has 0 aromatic carbocycles. The second-order valence-corrected chi connectivity index (χ2v) is 5.06. The van der Waals surface area contributed by atoms with Crippen molar-refractivity contribution in [2.45, 2.75) is 24.9 Å². The van der Waals surface area contributed by atoms with Crippen LogP contribution in [0.1, 0.15) is 24.6 Å². The number of H-pyrrole nitrogens is 1. The molecule has 18 heavy (non-hydrogen) atoms. The van der Waals surface area contributed by atoms with E-state index in [2.05, 4.69) is 37.4 Å². The first-order chi connectivity index (χ1) is 8.88. The van der Waals surface area contributed by atoms with Crippen molar-refractivity contribution < 1.29 is 0 Å². The summed E-state index contributed by atoms with van der Waals surface area (Å²) in [6.45, 7) is 3.06. The lowest BCUT2D eigenvalue weighted by atomic mass is 10.2. The maximum atomic E-state index is 4.56. The number of anilines is 1. The average molecular weight is 262 g/mol. The van der Waals surface area contributed by atoms with Crippen LogP contribution in [0.15, 0.2) is 6.33 Å². The van der Waals surface area contributed by atoms with Gasteiger partial charge in [0.05, 0.1) is 5.69 Å². The number of aromatic nitrogens is 5. The molecule has 0 spiro atoms. The van der Waals surface area contributed by atoms with E-state index in [1.54, 1.807) is 0 Å². The van der Waals surface area contributed by atoms with Crippen molar-refractivity contribution in [1.82, 2.24) is 25.1 Å². The number of hydrogen-bond donors (Lipinski definition) is 2. The minimum absolute atomic E-state index is 0.618. The van der Waals surface area contributed by atoms with Crippen molar-refractivity contribution in [1.29, 1.82) is 0 Å². The molecule has 6 nitrogen and oxygen atoms in total. The van der Waals surface area contributed by atoms with Gasteiger partial charge in [-0.3, -0.25) is 5.10 Å². The third-order valence-corrected chi connectivity index (χ3v) is 3.72. The second kappa shape index (κ2) is 4.93. The Hall–Kier alpha value is -1.63. The molecule has 2 aromatic rings. The largest absolute Gasteiger partial charge is 0.370 e. The molecule has 3 heterocycles. The Labute approximate surface area is 109 Å². The van der Waals surface area contributed by atoms with Crippen molar-refractivity contribution in [2.75, 3.05) is 11.9 Å². The van der Waals surface area contributed by atoms with Gasteiger partial charge in [-0.05, 0) is 6.42 Å². The van der Waals surface area contributed by atoms with E-state index in [9.17, 15) is 0 Å². The van der Waals surface area contributed by atoms with Crippen LogP contribution in [0.25, 0.3) is 11.6 Å². The van der Waals surface area contributed by atoms with Crippen LogP contribution in [0.3, 0.4) is 0 Å². The highest BCUT2D eigenvalue weighted by molar-refractivity contribution is 7.98. The lowest BCUT2D eigenvalue weighted by Gasteiger charge is -2.09. The zero-order valence-electron chi connectivity index (χ0n) is 10.1. The predicted octanol–water partition coefficient (Wildman–Crippen LogP) is 1.83. The first kappa shape index (κ1) is 11.5. The van der Waals surface area contributed by atoms with E-state index < -0.39 is 0 Å². The number of nitrogens with one attached hydrogen (secondary N) is 2. The van der Waals surface area contributed by atoms with Gasteiger partial charge in [0.15, 0.2) is 11.6 Å². The molecule has 0 saturated heterocycles. The molecule has 94 valence electrons. The maximum Gasteiger partial charge on any atom is 0.199 e. The molecule has 0 atom stereocenters. The zero-order valence-corrected chi connectivity index (χ0v) is 10.9. The van der Waals surface area contributed by atoms with Crippen LogP contribution in [0.2, 0.25) is 0 Å². The summed E-state index contributed by atoms with van der Waals surface area (Å²) in [4.78, 5) is 13.2. The smallest absolute Gasteiger partial charge is 0.199 e. The van der Waals surface area contributed by atoms with Gasteiger partial charge in [0, 0.05) is 23.6 Å². The molecule has 0 bridgehead atoms. The second-order valence-electron chi connectivity index (χ2n) is 4.07. The van der Waals surface area contributed by atoms with Gasteiger partial charge in [0.1, 0.15) is 12.1 Å². The summed E-state index contributed by atoms with van der Waals surface area (Å²) in [5.41, 5.74) is 2.34. The van der Waals surface area contributed by atoms with E-state index in [0.29, 0.717) is 11.6 Å². The fraction of sp³-hybridized carbons (Fsp3) is 0.455. The van der Waals surface area contributed by atoms with Gasteiger partial charge in [-0.15, -0.1) is 0 Å². The number of thioether (sulfide) groups is 1. The third kappa shape index (κ3) is 2.05. The summed E-state index contributed by atoms with van der Waals surface area (Å²) in [6, 6.07) is 0. The Morgan fingerprint density at radius 3 is 3.11 bits per heavy atom. The fourth-order valence-electron chi connectivity index (χ4n) is 1.86. The molecule has 0 saturated carbocycles. The highest BCUT2D eigenvalue weighted by Crippen LogP contribution is 2.33. The fourth-order valence-corrected chi connectivity index (χ4v) is 2.90. The van der Waals surface area contributed by atoms with E-state index in [1.807, 2.05) is 11.8 Å². The van der Waals surface area contributed by atoms with Crippen molar-refractivity contribution in [2.24, 2.45) is 0 Å². The van der Waals surface area contributed by atoms with Gasteiger partial charge < -0.3 is 5.32 Å². The summed E-state index contributed by atoms with van der Waals surface area (Å²) < 4.78 is 0. The first-order valence-electron chi connectivity index (χ1n) is 5.95. The van der Waals surface area contributed by atoms with Gasteiger partial charge >= 0.3 is 0 Å². The van der Waals surface area contributed by atoms with Gasteiger partial charge in [-0.1, -0.05) is 6.92 Å². The Bertz CT molecular complexity index is 539. The first-order valence-corrected chi connectivity index (χ1v) is 7.11. The summed E-state index contributed by atoms with van der Waals surface area (Å²) in [5, 5.41) is 10.0. The molecule has 0 amide bonds.